The number of hydrogen-bond acceptors (Lipinski definition) is 3. The van der Waals surface area contributed by atoms with Crippen molar-refractivity contribution in [3.05, 3.63) is 34.6 Å². The van der Waals surface area contributed by atoms with E-state index in [1.165, 1.54) is 0 Å². The Balaban J connectivity index is 1.89. The van der Waals surface area contributed by atoms with Crippen molar-refractivity contribution in [3.8, 4) is 0 Å². The SMILES string of the molecule is Cc1ccc(C)c2c(C)c(C(=O)N3CCC(C(C)N)CC3)oc12. The van der Waals surface area contributed by atoms with E-state index in [1.54, 1.807) is 0 Å². The molecule has 4 nitrogen and oxygen atoms in total. The van der Waals surface area contributed by atoms with Crippen LogP contribution >= 0.6 is 0 Å². The van der Waals surface area contributed by atoms with Crippen LogP contribution in [-0.2, 0) is 0 Å². The van der Waals surface area contributed by atoms with Gasteiger partial charge in [0.2, 0.25) is 0 Å². The van der Waals surface area contributed by atoms with Gasteiger partial charge in [-0.2, -0.15) is 0 Å². The van der Waals surface area contributed by atoms with Gasteiger partial charge in [-0.1, -0.05) is 12.1 Å². The molecule has 2 heterocycles. The number of nitrogens with zero attached hydrogens (tertiary/aromatic N) is 1. The molecule has 4 heteroatoms. The third-order valence-electron chi connectivity index (χ3n) is 5.25. The fourth-order valence-electron chi connectivity index (χ4n) is 3.65. The Bertz CT molecular complexity index is 737. The van der Waals surface area contributed by atoms with Crippen LogP contribution in [-0.4, -0.2) is 29.9 Å². The maximum Gasteiger partial charge on any atom is 0.289 e. The van der Waals surface area contributed by atoms with Crippen LogP contribution < -0.4 is 5.73 Å². The second-order valence-electron chi connectivity index (χ2n) is 6.95. The topological polar surface area (TPSA) is 59.5 Å². The minimum absolute atomic E-state index is 0.0145. The van der Waals surface area contributed by atoms with Crippen LogP contribution in [0.3, 0.4) is 0 Å². The molecular weight excluding hydrogens is 288 g/mol. The molecule has 0 saturated carbocycles. The van der Waals surface area contributed by atoms with Crippen LogP contribution in [0.15, 0.2) is 16.5 Å². The first-order valence-corrected chi connectivity index (χ1v) is 8.44. The maximum absolute atomic E-state index is 12.9. The van der Waals surface area contributed by atoms with Gasteiger partial charge in [0, 0.05) is 30.1 Å². The molecule has 124 valence electrons. The number of nitrogens with two attached hydrogens (primary N) is 1. The molecule has 23 heavy (non-hydrogen) atoms. The Morgan fingerprint density at radius 1 is 1.22 bits per heavy atom. The number of furan rings is 1. The number of benzene rings is 1. The molecule has 1 saturated heterocycles. The molecule has 2 N–H and O–H groups in total. The molecule has 1 aliphatic heterocycles. The molecule has 1 aliphatic rings. The van der Waals surface area contributed by atoms with Gasteiger partial charge in [0.05, 0.1) is 0 Å². The van der Waals surface area contributed by atoms with E-state index in [9.17, 15) is 4.79 Å². The highest BCUT2D eigenvalue weighted by Crippen LogP contribution is 2.32. The predicted octanol–water partition coefficient (Wildman–Crippen LogP) is 3.56. The van der Waals surface area contributed by atoms with Gasteiger partial charge in [-0.3, -0.25) is 4.79 Å². The highest BCUT2D eigenvalue weighted by atomic mass is 16.3. The van der Waals surface area contributed by atoms with E-state index >= 15 is 0 Å². The standard InChI is InChI=1S/C19H26N2O2/c1-11-5-6-12(2)17-16(11)13(3)18(23-17)19(22)21-9-7-15(8-10-21)14(4)20/h5-6,14-15H,7-10,20H2,1-4H3. The van der Waals surface area contributed by atoms with Gasteiger partial charge in [0.15, 0.2) is 5.76 Å². The van der Waals surface area contributed by atoms with E-state index in [2.05, 4.69) is 19.9 Å². The monoisotopic (exact) mass is 314 g/mol. The largest absolute Gasteiger partial charge is 0.450 e. The molecule has 1 aromatic heterocycles. The Kier molecular flexibility index (Phi) is 4.19. The van der Waals surface area contributed by atoms with Crippen LogP contribution in [0.25, 0.3) is 11.0 Å². The zero-order chi connectivity index (χ0) is 16.7. The summed E-state index contributed by atoms with van der Waals surface area (Å²) < 4.78 is 5.98. The van der Waals surface area contributed by atoms with Crippen LogP contribution in [0, 0.1) is 26.7 Å². The van der Waals surface area contributed by atoms with Crippen molar-refractivity contribution in [2.75, 3.05) is 13.1 Å². The lowest BCUT2D eigenvalue weighted by atomic mass is 9.91. The highest BCUT2D eigenvalue weighted by molar-refractivity contribution is 6.00. The van der Waals surface area contributed by atoms with Gasteiger partial charge < -0.3 is 15.1 Å². The summed E-state index contributed by atoms with van der Waals surface area (Å²) in [4.78, 5) is 14.8. The lowest BCUT2D eigenvalue weighted by Crippen LogP contribution is -2.42. The predicted molar refractivity (Wildman–Crippen MR) is 92.7 cm³/mol. The molecule has 1 amide bonds. The first-order valence-electron chi connectivity index (χ1n) is 8.44. The molecule has 1 unspecified atom stereocenters. The summed E-state index contributed by atoms with van der Waals surface area (Å²) in [5.41, 5.74) is 10.0. The van der Waals surface area contributed by atoms with Crippen molar-refractivity contribution >= 4 is 16.9 Å². The van der Waals surface area contributed by atoms with Gasteiger partial charge in [0.25, 0.3) is 5.91 Å². The lowest BCUT2D eigenvalue weighted by Gasteiger charge is -2.33. The number of piperidine rings is 1. The second-order valence-corrected chi connectivity index (χ2v) is 6.95. The summed E-state index contributed by atoms with van der Waals surface area (Å²) in [5.74, 6) is 1.03. The number of carbonyl (C=O) groups excluding carboxylic acids is 1. The van der Waals surface area contributed by atoms with Crippen molar-refractivity contribution < 1.29 is 9.21 Å². The number of hydrogen-bond donors (Lipinski definition) is 1. The minimum Gasteiger partial charge on any atom is -0.450 e. The van der Waals surface area contributed by atoms with Gasteiger partial charge >= 0.3 is 0 Å². The van der Waals surface area contributed by atoms with Crippen LogP contribution in [0.2, 0.25) is 0 Å². The normalized spacial score (nSPS) is 17.7. The van der Waals surface area contributed by atoms with E-state index in [0.29, 0.717) is 11.7 Å². The molecule has 0 aliphatic carbocycles. The van der Waals surface area contributed by atoms with Gasteiger partial charge in [-0.25, -0.2) is 0 Å². The molecule has 1 aromatic carbocycles. The second kappa shape index (κ2) is 6.00. The van der Waals surface area contributed by atoms with Crippen LogP contribution in [0.4, 0.5) is 0 Å². The zero-order valence-electron chi connectivity index (χ0n) is 14.5. The molecule has 1 atom stereocenters. The quantitative estimate of drug-likeness (QED) is 0.922. The van der Waals surface area contributed by atoms with Crippen molar-refractivity contribution in [3.63, 3.8) is 0 Å². The summed E-state index contributed by atoms with van der Waals surface area (Å²) >= 11 is 0. The summed E-state index contributed by atoms with van der Waals surface area (Å²) in [6.07, 6.45) is 1.95. The number of carbonyl (C=O) groups is 1. The van der Waals surface area contributed by atoms with Crippen molar-refractivity contribution in [2.45, 2.75) is 46.6 Å². The number of likely N-dealkylation sites (tertiary alicyclic amines) is 1. The summed E-state index contributed by atoms with van der Waals surface area (Å²) in [5, 5.41) is 1.08. The van der Waals surface area contributed by atoms with E-state index in [-0.39, 0.29) is 11.9 Å². The van der Waals surface area contributed by atoms with E-state index in [1.807, 2.05) is 24.8 Å². The van der Waals surface area contributed by atoms with Crippen molar-refractivity contribution in [1.29, 1.82) is 0 Å². The molecule has 0 spiro atoms. The molecular formula is C19H26N2O2. The fourth-order valence-corrected chi connectivity index (χ4v) is 3.65. The third kappa shape index (κ3) is 2.76. The Morgan fingerprint density at radius 2 is 1.83 bits per heavy atom. The molecule has 0 bridgehead atoms. The minimum atomic E-state index is 0.0145. The van der Waals surface area contributed by atoms with Gasteiger partial charge in [-0.05, 0) is 57.6 Å². The summed E-state index contributed by atoms with van der Waals surface area (Å²) in [6, 6.07) is 4.33. The fraction of sp³-hybridized carbons (Fsp3) is 0.526. The lowest BCUT2D eigenvalue weighted by molar-refractivity contribution is 0.0650. The zero-order valence-corrected chi connectivity index (χ0v) is 14.5. The number of amides is 1. The number of rotatable bonds is 2. The van der Waals surface area contributed by atoms with E-state index < -0.39 is 0 Å². The maximum atomic E-state index is 12.9. The first-order chi connectivity index (χ1) is 10.9. The average Bonchev–Trinajstić information content (AvgIpc) is 2.89. The molecule has 3 rings (SSSR count). The van der Waals surface area contributed by atoms with Crippen molar-refractivity contribution in [1.82, 2.24) is 4.90 Å². The Labute approximate surface area is 137 Å². The van der Waals surface area contributed by atoms with E-state index in [4.69, 9.17) is 10.2 Å². The van der Waals surface area contributed by atoms with Gasteiger partial charge in [0.1, 0.15) is 5.58 Å². The third-order valence-corrected chi connectivity index (χ3v) is 5.25. The molecule has 2 aromatic rings. The van der Waals surface area contributed by atoms with Gasteiger partial charge in [-0.15, -0.1) is 0 Å². The summed E-state index contributed by atoms with van der Waals surface area (Å²) in [7, 11) is 0. The number of fused-ring (bicyclic) bond motifs is 1. The van der Waals surface area contributed by atoms with E-state index in [0.717, 1.165) is 53.6 Å². The van der Waals surface area contributed by atoms with Crippen LogP contribution in [0.1, 0.15) is 47.0 Å². The summed E-state index contributed by atoms with van der Waals surface area (Å²) in [6.45, 7) is 9.65. The molecule has 1 fully saturated rings. The highest BCUT2D eigenvalue weighted by Gasteiger charge is 2.29. The Morgan fingerprint density at radius 3 is 2.39 bits per heavy atom. The Hall–Kier alpha value is -1.81. The first kappa shape index (κ1) is 16.1. The average molecular weight is 314 g/mol. The number of aryl methyl sites for hydroxylation is 3. The van der Waals surface area contributed by atoms with Crippen LogP contribution in [0.5, 0.6) is 0 Å². The molecule has 0 radical (unpaired) electrons. The van der Waals surface area contributed by atoms with Crippen molar-refractivity contribution in [2.24, 2.45) is 11.7 Å². The smallest absolute Gasteiger partial charge is 0.289 e.